The van der Waals surface area contributed by atoms with Crippen LogP contribution in [0, 0.1) is 0 Å². The van der Waals surface area contributed by atoms with Gasteiger partial charge < -0.3 is 34.3 Å². The Morgan fingerprint density at radius 2 is 1.05 bits per heavy atom. The summed E-state index contributed by atoms with van der Waals surface area (Å²) in [6.45, 7) is 3.86. The second kappa shape index (κ2) is 44.0. The first-order chi connectivity index (χ1) is 32.1. The van der Waals surface area contributed by atoms with Crippen LogP contribution >= 0.6 is 0 Å². The molecule has 0 bridgehead atoms. The first kappa shape index (κ1) is 61.8. The van der Waals surface area contributed by atoms with E-state index < -0.39 is 59.8 Å². The van der Waals surface area contributed by atoms with Crippen LogP contribution in [0.25, 0.3) is 0 Å². The van der Waals surface area contributed by atoms with Crippen LogP contribution in [0.3, 0.4) is 0 Å². The van der Waals surface area contributed by atoms with Crippen LogP contribution in [0.15, 0.2) is 60.8 Å². The molecule has 6 atom stereocenters. The van der Waals surface area contributed by atoms with Gasteiger partial charge in [-0.15, -0.1) is 0 Å². The molecule has 66 heavy (non-hydrogen) atoms. The number of hydrogen-bond acceptors (Lipinski definition) is 11. The summed E-state index contributed by atoms with van der Waals surface area (Å²) in [5, 5.41) is 30.8. The number of ether oxygens (including phenoxy) is 4. The van der Waals surface area contributed by atoms with Crippen molar-refractivity contribution in [2.45, 2.75) is 243 Å². The number of carbonyl (C=O) groups is 1. The van der Waals surface area contributed by atoms with Crippen LogP contribution in [-0.2, 0) is 38.3 Å². The minimum atomic E-state index is -5.07. The zero-order valence-electron chi connectivity index (χ0n) is 41.2. The van der Waals surface area contributed by atoms with E-state index in [4.69, 9.17) is 18.9 Å². The van der Waals surface area contributed by atoms with Crippen molar-refractivity contribution in [2.24, 2.45) is 0 Å². The molecule has 1 rings (SSSR count). The fourth-order valence-corrected chi connectivity index (χ4v) is 8.23. The lowest BCUT2D eigenvalue weighted by atomic mass is 9.99. The molecule has 4 N–H and O–H groups in total. The summed E-state index contributed by atoms with van der Waals surface area (Å²) in [5.41, 5.74) is 0. The predicted molar refractivity (Wildman–Crippen MR) is 266 cm³/mol. The Hall–Kier alpha value is -2.20. The van der Waals surface area contributed by atoms with Gasteiger partial charge in [-0.05, 0) is 77.0 Å². The fraction of sp³-hybridized carbons (Fsp3) is 0.792. The molecule has 0 aliphatic carbocycles. The fourth-order valence-electron chi connectivity index (χ4n) is 7.72. The molecule has 0 saturated carbocycles. The molecule has 6 unspecified atom stereocenters. The highest BCUT2D eigenvalue weighted by molar-refractivity contribution is 7.80. The minimum Gasteiger partial charge on any atom is -0.457 e. The highest BCUT2D eigenvalue weighted by atomic mass is 32.3. The van der Waals surface area contributed by atoms with E-state index in [2.05, 4.69) is 78.8 Å². The zero-order chi connectivity index (χ0) is 48.2. The lowest BCUT2D eigenvalue weighted by Crippen LogP contribution is -2.60. The van der Waals surface area contributed by atoms with Gasteiger partial charge in [-0.3, -0.25) is 9.35 Å². The van der Waals surface area contributed by atoms with Crippen LogP contribution in [0.4, 0.5) is 0 Å². The molecular formula is C53H94O12S. The number of aliphatic hydroxyl groups excluding tert-OH is 3. The van der Waals surface area contributed by atoms with Crippen molar-refractivity contribution < 1.29 is 56.2 Å². The molecule has 0 aromatic heterocycles. The van der Waals surface area contributed by atoms with E-state index in [0.29, 0.717) is 13.0 Å². The van der Waals surface area contributed by atoms with Crippen molar-refractivity contribution in [3.63, 3.8) is 0 Å². The molecule has 0 radical (unpaired) electrons. The Kier molecular flexibility index (Phi) is 41.2. The van der Waals surface area contributed by atoms with Crippen LogP contribution in [0.2, 0.25) is 0 Å². The largest absolute Gasteiger partial charge is 0.457 e. The summed E-state index contributed by atoms with van der Waals surface area (Å²) in [4.78, 5) is 12.9. The molecule has 0 aromatic rings. The second-order valence-electron chi connectivity index (χ2n) is 17.7. The lowest BCUT2D eigenvalue weighted by Gasteiger charge is -2.41. The van der Waals surface area contributed by atoms with Gasteiger partial charge in [0.1, 0.15) is 30.5 Å². The number of rotatable bonds is 45. The van der Waals surface area contributed by atoms with E-state index in [1.807, 2.05) is 0 Å². The van der Waals surface area contributed by atoms with Gasteiger partial charge in [0.25, 0.3) is 0 Å². The quantitative estimate of drug-likeness (QED) is 0.0197. The van der Waals surface area contributed by atoms with E-state index in [9.17, 15) is 33.1 Å². The van der Waals surface area contributed by atoms with Crippen molar-refractivity contribution in [2.75, 3.05) is 26.4 Å². The third-order valence-corrected chi connectivity index (χ3v) is 12.1. The monoisotopic (exact) mass is 955 g/mol. The predicted octanol–water partition coefficient (Wildman–Crippen LogP) is 12.1. The molecular weight excluding hydrogens is 861 g/mol. The Labute approximate surface area is 401 Å². The van der Waals surface area contributed by atoms with Crippen molar-refractivity contribution in [3.05, 3.63) is 60.8 Å². The minimum absolute atomic E-state index is 0.0280. The first-order valence-corrected chi connectivity index (χ1v) is 27.4. The molecule has 384 valence electrons. The molecule has 0 aromatic carbocycles. The van der Waals surface area contributed by atoms with Gasteiger partial charge in [-0.25, -0.2) is 4.18 Å². The Morgan fingerprint density at radius 3 is 1.53 bits per heavy atom. The van der Waals surface area contributed by atoms with E-state index in [1.54, 1.807) is 0 Å². The van der Waals surface area contributed by atoms with E-state index in [1.165, 1.54) is 103 Å². The maximum Gasteiger partial charge on any atom is 0.397 e. The molecule has 1 saturated heterocycles. The second-order valence-corrected chi connectivity index (χ2v) is 18.8. The van der Waals surface area contributed by atoms with Gasteiger partial charge >= 0.3 is 16.4 Å². The number of allylic oxidation sites excluding steroid dienone is 10. The summed E-state index contributed by atoms with van der Waals surface area (Å²) in [7, 11) is -5.07. The SMILES string of the molecule is CC/C=C\C/C=C\C/C=C\CCCCCCCCCC(=O)OC(COCCCCCCCCCCCC/C=C\C/C=C\CCCCCCC)COC1OC(CO)C(O)C(OS(=O)(=O)O)C1O. The molecule has 1 aliphatic heterocycles. The smallest absolute Gasteiger partial charge is 0.397 e. The van der Waals surface area contributed by atoms with Gasteiger partial charge in [0.05, 0.1) is 19.8 Å². The number of carbonyl (C=O) groups excluding carboxylic acids is 1. The van der Waals surface area contributed by atoms with Crippen molar-refractivity contribution in [1.82, 2.24) is 0 Å². The molecule has 0 amide bonds. The molecule has 1 aliphatic rings. The molecule has 12 nitrogen and oxygen atoms in total. The standard InChI is InChI=1S/C53H94O12S/c1-3-5-7-9-11-13-15-17-19-21-22-23-24-25-27-29-31-33-35-37-39-41-43-61-45-47(46-62-53-51(57)52(65-66(58,59)60)50(56)48(44-54)64-53)63-49(55)42-40-38-36-34-32-30-28-26-20-18-16-14-12-10-8-6-4-2/h6,8,12,14-15,17-18,20-22,47-48,50-54,56-57H,3-5,7,9-11,13,16,19,23-46H2,1-2H3,(H,58,59,60)/b8-6-,14-12-,17-15-,20-18-,22-21-. The van der Waals surface area contributed by atoms with Gasteiger partial charge in [0.15, 0.2) is 6.29 Å². The van der Waals surface area contributed by atoms with E-state index in [0.717, 1.165) is 77.0 Å². The molecule has 0 spiro atoms. The van der Waals surface area contributed by atoms with E-state index in [-0.39, 0.29) is 19.6 Å². The lowest BCUT2D eigenvalue weighted by molar-refractivity contribution is -0.301. The van der Waals surface area contributed by atoms with Gasteiger partial charge in [0, 0.05) is 13.0 Å². The normalized spacial score (nSPS) is 20.0. The zero-order valence-corrected chi connectivity index (χ0v) is 42.1. The Morgan fingerprint density at radius 1 is 0.591 bits per heavy atom. The van der Waals surface area contributed by atoms with Gasteiger partial charge in [0.2, 0.25) is 0 Å². The van der Waals surface area contributed by atoms with Crippen LogP contribution in [0.5, 0.6) is 0 Å². The number of esters is 1. The van der Waals surface area contributed by atoms with Gasteiger partial charge in [-0.2, -0.15) is 8.42 Å². The molecule has 1 fully saturated rings. The number of aliphatic hydroxyl groups is 3. The van der Waals surface area contributed by atoms with E-state index >= 15 is 0 Å². The topological polar surface area (TPSA) is 178 Å². The summed E-state index contributed by atoms with van der Waals surface area (Å²) in [6, 6.07) is 0. The van der Waals surface area contributed by atoms with Crippen LogP contribution in [0.1, 0.15) is 206 Å². The number of unbranched alkanes of at least 4 members (excludes halogenated alkanes) is 22. The van der Waals surface area contributed by atoms with Crippen molar-refractivity contribution in [3.8, 4) is 0 Å². The third kappa shape index (κ3) is 36.8. The highest BCUT2D eigenvalue weighted by Gasteiger charge is 2.48. The average molecular weight is 955 g/mol. The molecule has 1 heterocycles. The summed E-state index contributed by atoms with van der Waals surface area (Å²) in [5.74, 6) is -0.411. The Bertz CT molecular complexity index is 1380. The van der Waals surface area contributed by atoms with Crippen molar-refractivity contribution >= 4 is 16.4 Å². The maximum atomic E-state index is 12.9. The van der Waals surface area contributed by atoms with Gasteiger partial charge in [-0.1, -0.05) is 184 Å². The Balaban J connectivity index is 2.35. The first-order valence-electron chi connectivity index (χ1n) is 26.0. The third-order valence-electron chi connectivity index (χ3n) is 11.6. The summed E-state index contributed by atoms with van der Waals surface area (Å²) >= 11 is 0. The number of hydrogen-bond donors (Lipinski definition) is 4. The molecule has 13 heteroatoms. The average Bonchev–Trinajstić information content (AvgIpc) is 3.29. The summed E-state index contributed by atoms with van der Waals surface area (Å²) < 4.78 is 59.3. The van der Waals surface area contributed by atoms with Crippen LogP contribution < -0.4 is 0 Å². The van der Waals surface area contributed by atoms with Crippen molar-refractivity contribution in [1.29, 1.82) is 0 Å². The highest BCUT2D eigenvalue weighted by Crippen LogP contribution is 2.26. The maximum absolute atomic E-state index is 12.9. The van der Waals surface area contributed by atoms with Crippen LogP contribution in [-0.4, -0.2) is 97.5 Å². The summed E-state index contributed by atoms with van der Waals surface area (Å²) in [6.07, 6.45) is 46.8.